The van der Waals surface area contributed by atoms with E-state index in [9.17, 15) is 14.0 Å². The van der Waals surface area contributed by atoms with Crippen molar-refractivity contribution in [2.24, 2.45) is 0 Å². The highest BCUT2D eigenvalue weighted by molar-refractivity contribution is 6.34. The Hall–Kier alpha value is -2.90. The van der Waals surface area contributed by atoms with Crippen molar-refractivity contribution in [2.45, 2.75) is 6.92 Å². The Labute approximate surface area is 163 Å². The van der Waals surface area contributed by atoms with Crippen molar-refractivity contribution < 1.29 is 18.5 Å². The van der Waals surface area contributed by atoms with E-state index in [2.05, 4.69) is 16.0 Å². The summed E-state index contributed by atoms with van der Waals surface area (Å²) in [5.41, 5.74) is 4.47. The topological polar surface area (TPSA) is 84.2 Å². The molecule has 0 saturated heterocycles. The van der Waals surface area contributed by atoms with E-state index < -0.39 is 17.6 Å². The van der Waals surface area contributed by atoms with Gasteiger partial charge in [0.15, 0.2) is 0 Å². The van der Waals surface area contributed by atoms with Crippen LogP contribution in [0.15, 0.2) is 47.0 Å². The molecule has 0 aliphatic heterocycles. The number of nitrogens with one attached hydrogen (secondary N) is 2. The summed E-state index contributed by atoms with van der Waals surface area (Å²) >= 11 is 12.0. The van der Waals surface area contributed by atoms with Crippen molar-refractivity contribution in [1.29, 1.82) is 0 Å². The zero-order valence-corrected chi connectivity index (χ0v) is 15.4. The molecule has 6 nitrogen and oxygen atoms in total. The Morgan fingerprint density at radius 2 is 1.67 bits per heavy atom. The Bertz CT molecular complexity index is 1020. The van der Waals surface area contributed by atoms with E-state index >= 15 is 0 Å². The summed E-state index contributed by atoms with van der Waals surface area (Å²) < 4.78 is 19.2. The van der Waals surface area contributed by atoms with Crippen molar-refractivity contribution in [3.8, 4) is 11.3 Å². The normalized spacial score (nSPS) is 10.5. The minimum atomic E-state index is -0.747. The second kappa shape index (κ2) is 7.77. The number of halogens is 3. The summed E-state index contributed by atoms with van der Waals surface area (Å²) in [7, 11) is 0. The minimum Gasteiger partial charge on any atom is -0.360 e. The van der Waals surface area contributed by atoms with Gasteiger partial charge in [-0.05, 0) is 31.2 Å². The molecule has 0 aliphatic rings. The number of aryl methyl sites for hydroxylation is 1. The van der Waals surface area contributed by atoms with Crippen LogP contribution in [0.1, 0.15) is 26.5 Å². The maximum atomic E-state index is 14.2. The van der Waals surface area contributed by atoms with E-state index in [4.69, 9.17) is 27.7 Å². The Morgan fingerprint density at radius 3 is 2.37 bits per heavy atom. The van der Waals surface area contributed by atoms with Gasteiger partial charge in [-0.3, -0.25) is 20.4 Å². The molecule has 0 saturated carbocycles. The van der Waals surface area contributed by atoms with Gasteiger partial charge >= 0.3 is 0 Å². The SMILES string of the molecule is Cc1onc(-c2c(F)cccc2Cl)c1C(=O)NNC(=O)c1ccccc1Cl. The number of carbonyl (C=O) groups excluding carboxylic acids is 2. The van der Waals surface area contributed by atoms with Crippen LogP contribution in [0.5, 0.6) is 0 Å². The van der Waals surface area contributed by atoms with Crippen LogP contribution >= 0.6 is 23.2 Å². The van der Waals surface area contributed by atoms with Gasteiger partial charge in [0.05, 0.1) is 21.2 Å². The number of hydrogen-bond acceptors (Lipinski definition) is 4. The molecule has 138 valence electrons. The van der Waals surface area contributed by atoms with Crippen LogP contribution in [0.3, 0.4) is 0 Å². The highest BCUT2D eigenvalue weighted by atomic mass is 35.5. The Kier molecular flexibility index (Phi) is 5.43. The second-order valence-corrected chi connectivity index (χ2v) is 6.26. The van der Waals surface area contributed by atoms with Crippen LogP contribution in [0.2, 0.25) is 10.0 Å². The lowest BCUT2D eigenvalue weighted by molar-refractivity contribution is 0.0846. The molecule has 2 N–H and O–H groups in total. The zero-order chi connectivity index (χ0) is 19.6. The summed E-state index contributed by atoms with van der Waals surface area (Å²) in [5, 5.41) is 4.03. The third-order valence-corrected chi connectivity index (χ3v) is 4.34. The van der Waals surface area contributed by atoms with Gasteiger partial charge in [-0.1, -0.05) is 46.6 Å². The molecule has 1 heterocycles. The smallest absolute Gasteiger partial charge is 0.275 e. The number of rotatable bonds is 3. The van der Waals surface area contributed by atoms with E-state index in [1.54, 1.807) is 18.2 Å². The standard InChI is InChI=1S/C18H12Cl2FN3O3/c1-9-14(16(24-27-9)15-12(20)7-4-8-13(15)21)18(26)23-22-17(25)10-5-2-3-6-11(10)19/h2-8H,1H3,(H,22,25)(H,23,26). The maximum Gasteiger partial charge on any atom is 0.275 e. The Balaban J connectivity index is 1.85. The van der Waals surface area contributed by atoms with Gasteiger partial charge in [0.2, 0.25) is 0 Å². The summed E-state index contributed by atoms with van der Waals surface area (Å²) in [4.78, 5) is 24.7. The number of nitrogens with zero attached hydrogens (tertiary/aromatic N) is 1. The lowest BCUT2D eigenvalue weighted by Crippen LogP contribution is -2.42. The summed E-state index contributed by atoms with van der Waals surface area (Å²) in [6.45, 7) is 1.48. The minimum absolute atomic E-state index is 0.0542. The van der Waals surface area contributed by atoms with Crippen LogP contribution in [-0.2, 0) is 0 Å². The molecule has 0 bridgehead atoms. The lowest BCUT2D eigenvalue weighted by atomic mass is 10.1. The Morgan fingerprint density at radius 1 is 1.00 bits per heavy atom. The van der Waals surface area contributed by atoms with Gasteiger partial charge in [0.1, 0.15) is 22.8 Å². The third kappa shape index (κ3) is 3.79. The van der Waals surface area contributed by atoms with Crippen LogP contribution in [0.4, 0.5) is 4.39 Å². The van der Waals surface area contributed by atoms with Gasteiger partial charge < -0.3 is 4.52 Å². The molecule has 0 spiro atoms. The highest BCUT2D eigenvalue weighted by Gasteiger charge is 2.25. The molecule has 9 heteroatoms. The van der Waals surface area contributed by atoms with E-state index in [1.165, 1.54) is 31.2 Å². The average Bonchev–Trinajstić information content (AvgIpc) is 3.01. The van der Waals surface area contributed by atoms with Gasteiger partial charge in [0.25, 0.3) is 11.8 Å². The molecule has 0 fully saturated rings. The molecule has 3 rings (SSSR count). The molecule has 2 amide bonds. The first-order chi connectivity index (χ1) is 12.9. The van der Waals surface area contributed by atoms with Gasteiger partial charge in [-0.15, -0.1) is 0 Å². The van der Waals surface area contributed by atoms with Crippen molar-refractivity contribution in [2.75, 3.05) is 0 Å². The second-order valence-electron chi connectivity index (χ2n) is 5.45. The van der Waals surface area contributed by atoms with E-state index in [-0.39, 0.29) is 38.2 Å². The van der Waals surface area contributed by atoms with Crippen molar-refractivity contribution >= 4 is 35.0 Å². The molecule has 0 unspecified atom stereocenters. The molecule has 3 aromatic rings. The summed E-state index contributed by atoms with van der Waals surface area (Å²) in [5.74, 6) is -1.89. The van der Waals surface area contributed by atoms with Gasteiger partial charge in [-0.2, -0.15) is 0 Å². The molecule has 1 aromatic heterocycles. The van der Waals surface area contributed by atoms with E-state index in [1.807, 2.05) is 0 Å². The fourth-order valence-corrected chi connectivity index (χ4v) is 2.90. The van der Waals surface area contributed by atoms with Crippen LogP contribution in [0, 0.1) is 12.7 Å². The predicted molar refractivity (Wildman–Crippen MR) is 98.0 cm³/mol. The first-order valence-electron chi connectivity index (χ1n) is 7.66. The lowest BCUT2D eigenvalue weighted by Gasteiger charge is -2.09. The highest BCUT2D eigenvalue weighted by Crippen LogP contribution is 2.33. The molecular formula is C18H12Cl2FN3O3. The molecule has 27 heavy (non-hydrogen) atoms. The van der Waals surface area contributed by atoms with Crippen LogP contribution in [0.25, 0.3) is 11.3 Å². The average molecular weight is 408 g/mol. The van der Waals surface area contributed by atoms with Crippen molar-refractivity contribution in [3.05, 3.63) is 75.2 Å². The van der Waals surface area contributed by atoms with E-state index in [0.29, 0.717) is 0 Å². The molecule has 0 radical (unpaired) electrons. The van der Waals surface area contributed by atoms with Crippen molar-refractivity contribution in [3.63, 3.8) is 0 Å². The summed E-state index contributed by atoms with van der Waals surface area (Å²) in [6.07, 6.45) is 0. The van der Waals surface area contributed by atoms with E-state index in [0.717, 1.165) is 0 Å². The summed E-state index contributed by atoms with van der Waals surface area (Å²) in [6, 6.07) is 10.4. The quantitative estimate of drug-likeness (QED) is 0.638. The molecule has 2 aromatic carbocycles. The van der Waals surface area contributed by atoms with Gasteiger partial charge in [0, 0.05) is 0 Å². The fourth-order valence-electron chi connectivity index (χ4n) is 2.42. The first-order valence-corrected chi connectivity index (χ1v) is 8.41. The first kappa shape index (κ1) is 18.9. The van der Waals surface area contributed by atoms with Crippen molar-refractivity contribution in [1.82, 2.24) is 16.0 Å². The molecule has 0 atom stereocenters. The maximum absolute atomic E-state index is 14.2. The zero-order valence-electron chi connectivity index (χ0n) is 13.8. The van der Waals surface area contributed by atoms with Crippen LogP contribution in [-0.4, -0.2) is 17.0 Å². The molecule has 0 aliphatic carbocycles. The molecular weight excluding hydrogens is 396 g/mol. The number of amides is 2. The number of aromatic nitrogens is 1. The predicted octanol–water partition coefficient (Wildman–Crippen LogP) is 4.17. The monoisotopic (exact) mass is 407 g/mol. The van der Waals surface area contributed by atoms with Crippen LogP contribution < -0.4 is 10.9 Å². The van der Waals surface area contributed by atoms with Gasteiger partial charge in [-0.25, -0.2) is 4.39 Å². The number of hydrogen-bond donors (Lipinski definition) is 2. The number of hydrazine groups is 1. The largest absolute Gasteiger partial charge is 0.360 e. The third-order valence-electron chi connectivity index (χ3n) is 3.70. The fraction of sp³-hybridized carbons (Fsp3) is 0.0556. The number of benzene rings is 2. The number of carbonyl (C=O) groups is 2.